The van der Waals surface area contributed by atoms with Gasteiger partial charge in [-0.1, -0.05) is 65.5 Å². The first-order chi connectivity index (χ1) is 20.1. The summed E-state index contributed by atoms with van der Waals surface area (Å²) in [7, 11) is 1.76. The molecule has 216 valence electrons. The van der Waals surface area contributed by atoms with Crippen LogP contribution in [0.4, 0.5) is 0 Å². The highest BCUT2D eigenvalue weighted by Crippen LogP contribution is 2.47. The molecular formula is C37H41N2O2S+. The standard InChI is InChI=1S/C37H41N2O2S/c1-22(2)14-25-21-42-34-18-38-32(17-28(25)34)24-12-13-39-33(15-24)29-16-31(37(4,5)6)26-10-8-9-11-27(26)35(29)30(20-41-7)36(39)23(3)19-40/h8-13,15-18,21-22,30,36,40H,3,14,19-20H2,1-2,4-7H3/q+1. The Balaban J connectivity index is 1.63. The van der Waals surface area contributed by atoms with Crippen molar-refractivity contribution in [3.63, 3.8) is 0 Å². The van der Waals surface area contributed by atoms with E-state index in [1.54, 1.807) is 18.4 Å². The van der Waals surface area contributed by atoms with Gasteiger partial charge in [-0.3, -0.25) is 4.98 Å². The van der Waals surface area contributed by atoms with Crippen molar-refractivity contribution in [3.05, 3.63) is 95.1 Å². The van der Waals surface area contributed by atoms with Gasteiger partial charge in [0, 0.05) is 36.6 Å². The Bertz CT molecular complexity index is 1810. The minimum absolute atomic E-state index is 0.00536. The van der Waals surface area contributed by atoms with E-state index < -0.39 is 0 Å². The van der Waals surface area contributed by atoms with E-state index in [1.165, 1.54) is 43.1 Å². The highest BCUT2D eigenvalue weighted by molar-refractivity contribution is 7.17. The quantitative estimate of drug-likeness (QED) is 0.156. The third kappa shape index (κ3) is 4.88. The molecule has 0 aliphatic carbocycles. The molecule has 2 unspecified atom stereocenters. The molecule has 0 radical (unpaired) electrons. The van der Waals surface area contributed by atoms with Crippen molar-refractivity contribution in [1.82, 2.24) is 4.98 Å². The number of nitrogens with zero attached hydrogens (tertiary/aromatic N) is 2. The lowest BCUT2D eigenvalue weighted by Crippen LogP contribution is -2.49. The van der Waals surface area contributed by atoms with Crippen LogP contribution in [0.2, 0.25) is 0 Å². The summed E-state index contributed by atoms with van der Waals surface area (Å²) >= 11 is 1.78. The number of aliphatic hydroxyl groups excluding tert-OH is 1. The lowest BCUT2D eigenvalue weighted by molar-refractivity contribution is -0.709. The maximum Gasteiger partial charge on any atom is 0.214 e. The number of fused-ring (bicyclic) bond motifs is 6. The second kappa shape index (κ2) is 11.0. The van der Waals surface area contributed by atoms with E-state index in [-0.39, 0.29) is 24.0 Å². The van der Waals surface area contributed by atoms with Crippen molar-refractivity contribution in [3.8, 4) is 22.5 Å². The number of hydrogen-bond donors (Lipinski definition) is 1. The maximum atomic E-state index is 10.3. The van der Waals surface area contributed by atoms with Crippen LogP contribution in [-0.4, -0.2) is 30.4 Å². The van der Waals surface area contributed by atoms with Gasteiger partial charge in [-0.2, -0.15) is 4.57 Å². The van der Waals surface area contributed by atoms with E-state index in [1.807, 2.05) is 6.20 Å². The molecular weight excluding hydrogens is 536 g/mol. The summed E-state index contributed by atoms with van der Waals surface area (Å²) in [5.74, 6) is 0.602. The normalized spacial score (nSPS) is 16.7. The summed E-state index contributed by atoms with van der Waals surface area (Å²) in [4.78, 5) is 4.92. The Hall–Kier alpha value is -3.38. The molecule has 3 aromatic heterocycles. The average Bonchev–Trinajstić information content (AvgIpc) is 3.36. The summed E-state index contributed by atoms with van der Waals surface area (Å²) < 4.78 is 9.37. The van der Waals surface area contributed by atoms with Crippen molar-refractivity contribution >= 4 is 32.2 Å². The molecule has 0 saturated carbocycles. The van der Waals surface area contributed by atoms with Crippen molar-refractivity contribution in [2.75, 3.05) is 20.3 Å². The number of methoxy groups -OCH3 is 1. The number of aliphatic hydroxyl groups is 1. The molecule has 2 atom stereocenters. The number of aromatic nitrogens is 2. The molecule has 1 N–H and O–H groups in total. The van der Waals surface area contributed by atoms with E-state index in [4.69, 9.17) is 9.72 Å². The summed E-state index contributed by atoms with van der Waals surface area (Å²) in [5.41, 5.74) is 9.10. The molecule has 0 bridgehead atoms. The molecule has 0 saturated heterocycles. The molecule has 0 spiro atoms. The van der Waals surface area contributed by atoms with E-state index in [9.17, 15) is 5.11 Å². The van der Waals surface area contributed by atoms with Gasteiger partial charge < -0.3 is 9.84 Å². The zero-order valence-electron chi connectivity index (χ0n) is 25.6. The van der Waals surface area contributed by atoms with Crippen LogP contribution in [0, 0.1) is 5.92 Å². The first-order valence-electron chi connectivity index (χ1n) is 14.9. The number of thiophene rings is 1. The minimum Gasteiger partial charge on any atom is -0.392 e. The molecule has 1 aliphatic rings. The second-order valence-electron chi connectivity index (χ2n) is 13.1. The molecule has 5 aromatic rings. The van der Waals surface area contributed by atoms with Crippen LogP contribution in [-0.2, 0) is 16.6 Å². The molecule has 0 amide bonds. The number of rotatable bonds is 7. The molecule has 6 rings (SSSR count). The number of hydrogen-bond acceptors (Lipinski definition) is 4. The number of benzene rings is 2. The highest BCUT2D eigenvalue weighted by Gasteiger charge is 2.43. The summed E-state index contributed by atoms with van der Waals surface area (Å²) in [6, 6.07) is 17.7. The van der Waals surface area contributed by atoms with Crippen LogP contribution in [0.25, 0.3) is 43.4 Å². The lowest BCUT2D eigenvalue weighted by atomic mass is 9.74. The fraction of sp³-hybridized carbons (Fsp3) is 0.351. The van der Waals surface area contributed by atoms with Gasteiger partial charge in [0.1, 0.15) is 0 Å². The van der Waals surface area contributed by atoms with Crippen molar-refractivity contribution in [1.29, 1.82) is 0 Å². The van der Waals surface area contributed by atoms with Crippen LogP contribution < -0.4 is 4.57 Å². The predicted molar refractivity (Wildman–Crippen MR) is 175 cm³/mol. The van der Waals surface area contributed by atoms with E-state index >= 15 is 0 Å². The molecule has 0 fully saturated rings. The molecule has 4 nitrogen and oxygen atoms in total. The van der Waals surface area contributed by atoms with Crippen LogP contribution >= 0.6 is 11.3 Å². The monoisotopic (exact) mass is 577 g/mol. The zero-order chi connectivity index (χ0) is 29.8. The van der Waals surface area contributed by atoms with Crippen molar-refractivity contribution in [2.45, 2.75) is 58.4 Å². The van der Waals surface area contributed by atoms with Gasteiger partial charge in [0.2, 0.25) is 5.69 Å². The Morgan fingerprint density at radius 2 is 1.86 bits per heavy atom. The Morgan fingerprint density at radius 1 is 1.10 bits per heavy atom. The second-order valence-corrected chi connectivity index (χ2v) is 14.0. The van der Waals surface area contributed by atoms with Gasteiger partial charge in [-0.25, -0.2) is 0 Å². The fourth-order valence-corrected chi connectivity index (χ4v) is 7.70. The van der Waals surface area contributed by atoms with Crippen LogP contribution in [0.3, 0.4) is 0 Å². The predicted octanol–water partition coefficient (Wildman–Crippen LogP) is 8.40. The summed E-state index contributed by atoms with van der Waals surface area (Å²) in [6.45, 7) is 16.2. The van der Waals surface area contributed by atoms with Crippen molar-refractivity contribution < 1.29 is 14.4 Å². The van der Waals surface area contributed by atoms with E-state index in [0.717, 1.165) is 28.9 Å². The van der Waals surface area contributed by atoms with E-state index in [0.29, 0.717) is 12.5 Å². The van der Waals surface area contributed by atoms with Gasteiger partial charge in [0.25, 0.3) is 0 Å². The van der Waals surface area contributed by atoms with Crippen LogP contribution in [0.5, 0.6) is 0 Å². The SMILES string of the molecule is C=C(CO)C1C(COC)c2c(cc(C(C)(C)C)c3ccccc23)-c2cc(-c3cc4c(CC(C)C)csc4cn3)cc[n+]21. The highest BCUT2D eigenvalue weighted by atomic mass is 32.1. The molecule has 4 heterocycles. The first kappa shape index (κ1) is 28.7. The lowest BCUT2D eigenvalue weighted by Gasteiger charge is -2.34. The minimum atomic E-state index is -0.139. The summed E-state index contributed by atoms with van der Waals surface area (Å²) in [6.07, 6.45) is 5.24. The largest absolute Gasteiger partial charge is 0.392 e. The van der Waals surface area contributed by atoms with Gasteiger partial charge in [-0.05, 0) is 68.1 Å². The van der Waals surface area contributed by atoms with Crippen LogP contribution in [0.1, 0.15) is 63.3 Å². The molecule has 2 aromatic carbocycles. The summed E-state index contributed by atoms with van der Waals surface area (Å²) in [5, 5.41) is 16.4. The van der Waals surface area contributed by atoms with Crippen LogP contribution in [0.15, 0.2) is 78.5 Å². The molecule has 1 aliphatic heterocycles. The van der Waals surface area contributed by atoms with Crippen molar-refractivity contribution in [2.24, 2.45) is 5.92 Å². The molecule has 42 heavy (non-hydrogen) atoms. The number of pyridine rings is 2. The van der Waals surface area contributed by atoms with Gasteiger partial charge >= 0.3 is 0 Å². The molecule has 5 heteroatoms. The Morgan fingerprint density at radius 3 is 2.55 bits per heavy atom. The van der Waals surface area contributed by atoms with Gasteiger partial charge in [0.05, 0.1) is 35.1 Å². The smallest absolute Gasteiger partial charge is 0.214 e. The zero-order valence-corrected chi connectivity index (χ0v) is 26.4. The Kier molecular flexibility index (Phi) is 7.55. The Labute approximate surface area is 253 Å². The van der Waals surface area contributed by atoms with Gasteiger partial charge in [0.15, 0.2) is 12.2 Å². The number of ether oxygens (including phenoxy) is 1. The van der Waals surface area contributed by atoms with E-state index in [2.05, 4.69) is 106 Å². The first-order valence-corrected chi connectivity index (χ1v) is 15.8. The van der Waals surface area contributed by atoms with Gasteiger partial charge in [-0.15, -0.1) is 11.3 Å². The fourth-order valence-electron chi connectivity index (χ4n) is 6.78. The third-order valence-electron chi connectivity index (χ3n) is 8.64. The average molecular weight is 578 g/mol. The maximum absolute atomic E-state index is 10.3. The topological polar surface area (TPSA) is 46.2 Å². The third-order valence-corrected chi connectivity index (χ3v) is 9.62.